The number of carbonyl (C=O) groups is 1. The van der Waals surface area contributed by atoms with Crippen LogP contribution in [0.4, 0.5) is 0 Å². The molecular formula is C7H11ClN4O2. The summed E-state index contributed by atoms with van der Waals surface area (Å²) in [4.78, 5) is 19.0. The summed E-state index contributed by atoms with van der Waals surface area (Å²) in [6.07, 6.45) is 1.53. The van der Waals surface area contributed by atoms with Crippen LogP contribution in [0.15, 0.2) is 6.20 Å². The van der Waals surface area contributed by atoms with Gasteiger partial charge in [-0.2, -0.15) is 5.48 Å². The van der Waals surface area contributed by atoms with Crippen molar-refractivity contribution in [2.75, 3.05) is 6.61 Å². The van der Waals surface area contributed by atoms with Crippen molar-refractivity contribution in [3.05, 3.63) is 17.2 Å². The van der Waals surface area contributed by atoms with Gasteiger partial charge in [0.1, 0.15) is 17.6 Å². The van der Waals surface area contributed by atoms with Crippen molar-refractivity contribution in [2.24, 2.45) is 12.8 Å². The molecule has 1 aromatic heterocycles. The first kappa shape index (κ1) is 11.0. The number of carbonyl (C=O) groups excluding carboxylic acids is 1. The van der Waals surface area contributed by atoms with E-state index in [1.807, 2.05) is 0 Å². The molecule has 0 fully saturated rings. The Morgan fingerprint density at radius 1 is 1.86 bits per heavy atom. The fraction of sp³-hybridized carbons (Fsp3) is 0.429. The van der Waals surface area contributed by atoms with Gasteiger partial charge in [0.25, 0.3) is 0 Å². The second-order valence-electron chi connectivity index (χ2n) is 2.63. The highest BCUT2D eigenvalue weighted by Crippen LogP contribution is 2.08. The van der Waals surface area contributed by atoms with E-state index >= 15 is 0 Å². The zero-order chi connectivity index (χ0) is 10.6. The number of hydrogen-bond acceptors (Lipinski definition) is 4. The molecule has 0 bridgehead atoms. The van der Waals surface area contributed by atoms with Gasteiger partial charge in [0, 0.05) is 7.05 Å². The predicted octanol–water partition coefficient (Wildman–Crippen LogP) is -0.420. The maximum atomic E-state index is 10.3. The summed E-state index contributed by atoms with van der Waals surface area (Å²) in [5.41, 5.74) is 7.40. The number of hydrogen-bond donors (Lipinski definition) is 2. The maximum absolute atomic E-state index is 10.3. The number of halogens is 1. The van der Waals surface area contributed by atoms with Gasteiger partial charge in [0.15, 0.2) is 0 Å². The van der Waals surface area contributed by atoms with Crippen molar-refractivity contribution in [3.63, 3.8) is 0 Å². The van der Waals surface area contributed by atoms with Crippen LogP contribution in [0, 0.1) is 0 Å². The van der Waals surface area contributed by atoms with Crippen molar-refractivity contribution < 1.29 is 9.63 Å². The van der Waals surface area contributed by atoms with E-state index < -0.39 is 5.91 Å². The van der Waals surface area contributed by atoms with Gasteiger partial charge in [0.05, 0.1) is 12.7 Å². The van der Waals surface area contributed by atoms with Gasteiger partial charge in [-0.1, -0.05) is 11.6 Å². The Kier molecular flexibility index (Phi) is 3.87. The van der Waals surface area contributed by atoms with Crippen molar-refractivity contribution in [2.45, 2.75) is 6.54 Å². The fourth-order valence-corrected chi connectivity index (χ4v) is 0.973. The van der Waals surface area contributed by atoms with Gasteiger partial charge in [-0.25, -0.2) is 4.98 Å². The first-order valence-electron chi connectivity index (χ1n) is 3.90. The molecule has 14 heavy (non-hydrogen) atoms. The van der Waals surface area contributed by atoms with E-state index in [0.717, 1.165) is 0 Å². The van der Waals surface area contributed by atoms with Crippen LogP contribution in [-0.4, -0.2) is 22.1 Å². The van der Waals surface area contributed by atoms with Gasteiger partial charge in [-0.3, -0.25) is 9.63 Å². The summed E-state index contributed by atoms with van der Waals surface area (Å²) in [6.45, 7) is 0.189. The van der Waals surface area contributed by atoms with Gasteiger partial charge < -0.3 is 10.3 Å². The number of aromatic nitrogens is 2. The molecule has 0 saturated carbocycles. The van der Waals surface area contributed by atoms with Gasteiger partial charge >= 0.3 is 0 Å². The molecule has 0 aliphatic rings. The molecule has 0 radical (unpaired) electrons. The normalized spacial score (nSPS) is 10.4. The van der Waals surface area contributed by atoms with Crippen LogP contribution in [-0.2, 0) is 23.2 Å². The van der Waals surface area contributed by atoms with E-state index in [0.29, 0.717) is 17.5 Å². The molecule has 0 unspecified atom stereocenters. The Labute approximate surface area is 86.0 Å². The number of nitrogens with one attached hydrogen (secondary N) is 1. The topological polar surface area (TPSA) is 82.2 Å². The third kappa shape index (κ3) is 2.99. The lowest BCUT2D eigenvalue weighted by Gasteiger charge is -2.04. The summed E-state index contributed by atoms with van der Waals surface area (Å²) in [5, 5.41) is 0.539. The Hall–Kier alpha value is -1.11. The largest absolute Gasteiger partial charge is 0.368 e. The molecule has 78 valence electrons. The first-order valence-corrected chi connectivity index (χ1v) is 4.28. The zero-order valence-corrected chi connectivity index (χ0v) is 8.41. The molecule has 0 aromatic carbocycles. The van der Waals surface area contributed by atoms with E-state index in [2.05, 4.69) is 10.5 Å². The second kappa shape index (κ2) is 4.94. The van der Waals surface area contributed by atoms with Crippen molar-refractivity contribution in [1.29, 1.82) is 0 Å². The van der Waals surface area contributed by atoms with Crippen molar-refractivity contribution in [3.8, 4) is 0 Å². The molecule has 1 aromatic rings. The zero-order valence-electron chi connectivity index (χ0n) is 7.66. The number of primary amides is 1. The Morgan fingerprint density at radius 2 is 2.57 bits per heavy atom. The van der Waals surface area contributed by atoms with Crippen LogP contribution in [0.5, 0.6) is 0 Å². The van der Waals surface area contributed by atoms with Crippen molar-refractivity contribution in [1.82, 2.24) is 15.0 Å². The minimum atomic E-state index is -0.532. The molecular weight excluding hydrogens is 208 g/mol. The summed E-state index contributed by atoms with van der Waals surface area (Å²) >= 11 is 5.75. The van der Waals surface area contributed by atoms with Crippen LogP contribution in [0.25, 0.3) is 0 Å². The minimum Gasteiger partial charge on any atom is -0.368 e. The average Bonchev–Trinajstić information content (AvgIpc) is 2.43. The molecule has 6 nitrogen and oxygen atoms in total. The molecule has 0 atom stereocenters. The summed E-state index contributed by atoms with van der Waals surface area (Å²) in [5.74, 6) is 0.176. The number of nitrogens with two attached hydrogens (primary N) is 1. The highest BCUT2D eigenvalue weighted by molar-refractivity contribution is 6.29. The minimum absolute atomic E-state index is 0.168. The lowest BCUT2D eigenvalue weighted by Crippen LogP contribution is -2.25. The van der Waals surface area contributed by atoms with E-state index in [-0.39, 0.29) is 6.61 Å². The standard InChI is InChI=1S/C7H11ClN4O2/c1-12-5(8)2-10-7(12)3-11-14-4-6(9)13/h2,11H,3-4H2,1H3,(H2,9,13). The van der Waals surface area contributed by atoms with Crippen LogP contribution in [0.2, 0.25) is 5.15 Å². The van der Waals surface area contributed by atoms with Crippen molar-refractivity contribution >= 4 is 17.5 Å². The molecule has 0 saturated heterocycles. The quantitative estimate of drug-likeness (QED) is 0.520. The SMILES string of the molecule is Cn1c(Cl)cnc1CNOCC(N)=O. The highest BCUT2D eigenvalue weighted by atomic mass is 35.5. The van der Waals surface area contributed by atoms with Crippen LogP contribution in [0.3, 0.4) is 0 Å². The van der Waals surface area contributed by atoms with Gasteiger partial charge in [0.2, 0.25) is 5.91 Å². The van der Waals surface area contributed by atoms with Crippen LogP contribution in [0.1, 0.15) is 5.82 Å². The van der Waals surface area contributed by atoms with Crippen LogP contribution >= 0.6 is 11.6 Å². The molecule has 3 N–H and O–H groups in total. The van der Waals surface area contributed by atoms with Crippen LogP contribution < -0.4 is 11.2 Å². The number of amides is 1. The highest BCUT2D eigenvalue weighted by Gasteiger charge is 2.03. The Balaban J connectivity index is 2.31. The number of hydroxylamine groups is 1. The molecule has 1 amide bonds. The molecule has 0 aliphatic heterocycles. The second-order valence-corrected chi connectivity index (χ2v) is 3.02. The lowest BCUT2D eigenvalue weighted by atomic mass is 10.6. The summed E-state index contributed by atoms with van der Waals surface area (Å²) < 4.78 is 1.70. The molecule has 1 rings (SSSR count). The lowest BCUT2D eigenvalue weighted by molar-refractivity contribution is -0.125. The molecule has 7 heteroatoms. The number of imidazole rings is 1. The van der Waals surface area contributed by atoms with E-state index in [1.165, 1.54) is 6.20 Å². The van der Waals surface area contributed by atoms with E-state index in [1.54, 1.807) is 11.6 Å². The fourth-order valence-electron chi connectivity index (χ4n) is 0.826. The average molecular weight is 219 g/mol. The number of nitrogens with zero attached hydrogens (tertiary/aromatic N) is 2. The Bertz CT molecular complexity index is 325. The molecule has 0 spiro atoms. The monoisotopic (exact) mass is 218 g/mol. The summed E-state index contributed by atoms with van der Waals surface area (Å²) in [6, 6.07) is 0. The maximum Gasteiger partial charge on any atom is 0.245 e. The first-order chi connectivity index (χ1) is 6.61. The van der Waals surface area contributed by atoms with Gasteiger partial charge in [-0.15, -0.1) is 0 Å². The van der Waals surface area contributed by atoms with E-state index in [4.69, 9.17) is 22.2 Å². The van der Waals surface area contributed by atoms with E-state index in [9.17, 15) is 4.79 Å². The predicted molar refractivity (Wildman–Crippen MR) is 50.2 cm³/mol. The Morgan fingerprint density at radius 3 is 3.07 bits per heavy atom. The smallest absolute Gasteiger partial charge is 0.245 e. The molecule has 1 heterocycles. The third-order valence-corrected chi connectivity index (χ3v) is 1.93. The molecule has 0 aliphatic carbocycles. The number of rotatable bonds is 5. The summed E-state index contributed by atoms with van der Waals surface area (Å²) in [7, 11) is 1.78. The van der Waals surface area contributed by atoms with Gasteiger partial charge in [-0.05, 0) is 0 Å². The third-order valence-electron chi connectivity index (χ3n) is 1.57.